The highest BCUT2D eigenvalue weighted by molar-refractivity contribution is 6.08. The molecular weight excluding hydrogens is 434 g/mol. The molecule has 9 nitrogen and oxygen atoms in total. The number of para-hydroxylation sites is 1. The first kappa shape index (κ1) is 21.2. The predicted molar refractivity (Wildman–Crippen MR) is 124 cm³/mol. The molecule has 0 fully saturated rings. The Kier molecular flexibility index (Phi) is 5.21. The van der Waals surface area contributed by atoms with Crippen molar-refractivity contribution in [1.29, 1.82) is 0 Å². The van der Waals surface area contributed by atoms with E-state index in [1.807, 2.05) is 48.7 Å². The van der Waals surface area contributed by atoms with E-state index in [0.29, 0.717) is 28.1 Å². The summed E-state index contributed by atoms with van der Waals surface area (Å²) in [5.41, 5.74) is 9.47. The quantitative estimate of drug-likeness (QED) is 0.391. The van der Waals surface area contributed by atoms with E-state index in [-0.39, 0.29) is 11.3 Å². The summed E-state index contributed by atoms with van der Waals surface area (Å²) in [4.78, 5) is 30.4. The molecule has 5 aromatic rings. The summed E-state index contributed by atoms with van der Waals surface area (Å²) in [5, 5.41) is 4.38. The predicted octanol–water partition coefficient (Wildman–Crippen LogP) is 4.27. The number of hydrogen-bond donors (Lipinski definition) is 2. The van der Waals surface area contributed by atoms with Gasteiger partial charge in [-0.3, -0.25) is 20.4 Å². The van der Waals surface area contributed by atoms with E-state index in [0.717, 1.165) is 17.1 Å². The van der Waals surface area contributed by atoms with Crippen LogP contribution in [0.4, 0.5) is 0 Å². The van der Waals surface area contributed by atoms with Crippen LogP contribution in [-0.2, 0) is 0 Å². The summed E-state index contributed by atoms with van der Waals surface area (Å²) in [6, 6.07) is 16.6. The van der Waals surface area contributed by atoms with Gasteiger partial charge in [-0.25, -0.2) is 4.98 Å². The first-order valence-corrected chi connectivity index (χ1v) is 10.6. The Bertz CT molecular complexity index is 1510. The molecule has 0 saturated heterocycles. The lowest BCUT2D eigenvalue weighted by atomic mass is 10.1. The lowest BCUT2D eigenvalue weighted by Gasteiger charge is -2.11. The van der Waals surface area contributed by atoms with Crippen LogP contribution in [0.15, 0.2) is 69.8 Å². The minimum Gasteiger partial charge on any atom is -0.463 e. The molecular formula is C25H21N5O4. The molecule has 34 heavy (non-hydrogen) atoms. The zero-order valence-corrected chi connectivity index (χ0v) is 18.7. The Balaban J connectivity index is 1.41. The van der Waals surface area contributed by atoms with Crippen LogP contribution < -0.4 is 10.9 Å². The Morgan fingerprint density at radius 1 is 0.912 bits per heavy atom. The molecule has 4 aromatic heterocycles. The average molecular weight is 455 g/mol. The zero-order chi connectivity index (χ0) is 23.8. The first-order valence-electron chi connectivity index (χ1n) is 10.6. The van der Waals surface area contributed by atoms with Gasteiger partial charge in [0.25, 0.3) is 17.5 Å². The fourth-order valence-electron chi connectivity index (χ4n) is 4.04. The zero-order valence-electron chi connectivity index (χ0n) is 18.7. The molecule has 0 unspecified atom stereocenters. The van der Waals surface area contributed by atoms with Crippen molar-refractivity contribution in [3.8, 4) is 17.1 Å². The minimum atomic E-state index is -0.531. The largest absolute Gasteiger partial charge is 0.463 e. The fraction of sp³-hybridized carbons (Fsp3) is 0.120. The Labute approximate surface area is 194 Å². The number of rotatable bonds is 4. The standard InChI is InChI=1S/C25H21N5O4/c1-14-12-18(16(3)30(14)17-8-5-4-6-9-17)23(31)27-28-24(32)19-13-20(21-10-7-11-33-21)26-25-22(19)15(2)29-34-25/h4-13H,1-3H3,(H,27,31)(H,28,32). The average Bonchev–Trinajstić information content (AvgIpc) is 3.57. The van der Waals surface area contributed by atoms with E-state index in [1.165, 1.54) is 6.26 Å². The van der Waals surface area contributed by atoms with Gasteiger partial charge in [-0.2, -0.15) is 0 Å². The Morgan fingerprint density at radius 3 is 2.35 bits per heavy atom. The van der Waals surface area contributed by atoms with Crippen molar-refractivity contribution in [2.24, 2.45) is 0 Å². The van der Waals surface area contributed by atoms with Crippen LogP contribution in [0.3, 0.4) is 0 Å². The number of amides is 2. The van der Waals surface area contributed by atoms with Gasteiger partial charge in [0.2, 0.25) is 0 Å². The van der Waals surface area contributed by atoms with E-state index in [4.69, 9.17) is 8.94 Å². The molecule has 9 heteroatoms. The number of carbonyl (C=O) groups is 2. The third-order valence-electron chi connectivity index (χ3n) is 5.62. The van der Waals surface area contributed by atoms with Crippen molar-refractivity contribution in [3.05, 3.63) is 89.1 Å². The van der Waals surface area contributed by atoms with Crippen molar-refractivity contribution in [1.82, 2.24) is 25.6 Å². The van der Waals surface area contributed by atoms with E-state index in [1.54, 1.807) is 31.2 Å². The van der Waals surface area contributed by atoms with Gasteiger partial charge in [-0.1, -0.05) is 23.4 Å². The van der Waals surface area contributed by atoms with Crippen molar-refractivity contribution < 1.29 is 18.5 Å². The van der Waals surface area contributed by atoms with Crippen LogP contribution in [-0.4, -0.2) is 26.5 Å². The third kappa shape index (κ3) is 3.62. The second-order valence-electron chi connectivity index (χ2n) is 7.84. The van der Waals surface area contributed by atoms with Crippen molar-refractivity contribution >= 4 is 22.9 Å². The van der Waals surface area contributed by atoms with E-state index in [2.05, 4.69) is 21.0 Å². The van der Waals surface area contributed by atoms with Gasteiger partial charge in [0.15, 0.2) is 5.76 Å². The number of aromatic nitrogens is 3. The van der Waals surface area contributed by atoms with Gasteiger partial charge in [0, 0.05) is 17.1 Å². The van der Waals surface area contributed by atoms with Gasteiger partial charge < -0.3 is 13.5 Å². The molecule has 170 valence electrons. The SMILES string of the molecule is Cc1noc2nc(-c3ccco3)cc(C(=O)NNC(=O)c3cc(C)n(-c4ccccc4)c3C)c12. The lowest BCUT2D eigenvalue weighted by Crippen LogP contribution is -2.41. The molecule has 5 rings (SSSR count). The number of hydrazine groups is 1. The molecule has 1 aromatic carbocycles. The van der Waals surface area contributed by atoms with Crippen LogP contribution in [0.25, 0.3) is 28.2 Å². The molecule has 2 amide bonds. The molecule has 0 aliphatic carbocycles. The summed E-state index contributed by atoms with van der Waals surface area (Å²) < 4.78 is 12.7. The number of hydrogen-bond acceptors (Lipinski definition) is 6. The maximum Gasteiger partial charge on any atom is 0.271 e. The molecule has 0 spiro atoms. The highest BCUT2D eigenvalue weighted by atomic mass is 16.5. The highest BCUT2D eigenvalue weighted by Gasteiger charge is 2.22. The number of aryl methyl sites for hydroxylation is 2. The number of nitrogens with zero attached hydrogens (tertiary/aromatic N) is 3. The van der Waals surface area contributed by atoms with Crippen molar-refractivity contribution in [3.63, 3.8) is 0 Å². The summed E-state index contributed by atoms with van der Waals surface area (Å²) in [6.45, 7) is 5.50. The number of nitrogens with one attached hydrogen (secondary N) is 2. The van der Waals surface area contributed by atoms with Crippen molar-refractivity contribution in [2.75, 3.05) is 0 Å². The lowest BCUT2D eigenvalue weighted by molar-refractivity contribution is 0.0847. The second-order valence-corrected chi connectivity index (χ2v) is 7.84. The van der Waals surface area contributed by atoms with Gasteiger partial charge in [-0.15, -0.1) is 0 Å². The van der Waals surface area contributed by atoms with Crippen LogP contribution in [0, 0.1) is 20.8 Å². The molecule has 0 atom stereocenters. The van der Waals surface area contributed by atoms with Gasteiger partial charge in [0.1, 0.15) is 5.69 Å². The normalized spacial score (nSPS) is 11.0. The van der Waals surface area contributed by atoms with E-state index < -0.39 is 11.8 Å². The maximum atomic E-state index is 13.1. The molecule has 2 N–H and O–H groups in total. The van der Waals surface area contributed by atoms with Gasteiger partial charge in [-0.05, 0) is 57.2 Å². The minimum absolute atomic E-state index is 0.203. The molecule has 0 bridgehead atoms. The molecule has 0 radical (unpaired) electrons. The van der Waals surface area contributed by atoms with Crippen LogP contribution in [0.5, 0.6) is 0 Å². The first-order chi connectivity index (χ1) is 16.4. The summed E-state index contributed by atoms with van der Waals surface area (Å²) in [6.07, 6.45) is 1.51. The second kappa shape index (κ2) is 8.36. The van der Waals surface area contributed by atoms with Crippen LogP contribution >= 0.6 is 0 Å². The summed E-state index contributed by atoms with van der Waals surface area (Å²) in [5.74, 6) is -0.485. The van der Waals surface area contributed by atoms with Gasteiger partial charge in [0.05, 0.1) is 28.5 Å². The number of carbonyl (C=O) groups excluding carboxylic acids is 2. The Hall–Kier alpha value is -4.66. The number of pyridine rings is 1. The topological polar surface area (TPSA) is 115 Å². The summed E-state index contributed by atoms with van der Waals surface area (Å²) in [7, 11) is 0. The molecule has 0 saturated carbocycles. The monoisotopic (exact) mass is 455 g/mol. The summed E-state index contributed by atoms with van der Waals surface area (Å²) >= 11 is 0. The fourth-order valence-corrected chi connectivity index (χ4v) is 4.04. The molecule has 4 heterocycles. The van der Waals surface area contributed by atoms with Crippen LogP contribution in [0.1, 0.15) is 37.8 Å². The Morgan fingerprint density at radius 2 is 1.65 bits per heavy atom. The highest BCUT2D eigenvalue weighted by Crippen LogP contribution is 2.27. The van der Waals surface area contributed by atoms with Crippen molar-refractivity contribution in [2.45, 2.75) is 20.8 Å². The third-order valence-corrected chi connectivity index (χ3v) is 5.62. The number of benzene rings is 1. The number of furan rings is 1. The maximum absolute atomic E-state index is 13.1. The van der Waals surface area contributed by atoms with Crippen LogP contribution in [0.2, 0.25) is 0 Å². The van der Waals surface area contributed by atoms with Gasteiger partial charge >= 0.3 is 0 Å². The van der Waals surface area contributed by atoms with E-state index in [9.17, 15) is 9.59 Å². The smallest absolute Gasteiger partial charge is 0.271 e. The molecule has 0 aliphatic heterocycles. The number of fused-ring (bicyclic) bond motifs is 1. The molecule has 0 aliphatic rings. The van der Waals surface area contributed by atoms with E-state index >= 15 is 0 Å².